The predicted molar refractivity (Wildman–Crippen MR) is 54.1 cm³/mol. The van der Waals surface area contributed by atoms with Crippen molar-refractivity contribution in [1.82, 2.24) is 0 Å². The van der Waals surface area contributed by atoms with Crippen LogP contribution in [0.25, 0.3) is 0 Å². The molecule has 0 radical (unpaired) electrons. The van der Waals surface area contributed by atoms with E-state index in [1.807, 2.05) is 0 Å². The van der Waals surface area contributed by atoms with E-state index in [0.717, 1.165) is 25.9 Å². The summed E-state index contributed by atoms with van der Waals surface area (Å²) in [6.07, 6.45) is 3.13. The van der Waals surface area contributed by atoms with Gasteiger partial charge in [-0.2, -0.15) is 0 Å². The minimum absolute atomic E-state index is 0.354. The Morgan fingerprint density at radius 3 is 1.93 bits per heavy atom. The lowest BCUT2D eigenvalue weighted by Crippen LogP contribution is -2.06. The average molecular weight is 206 g/mol. The monoisotopic (exact) mass is 206 g/mol. The van der Waals surface area contributed by atoms with Crippen molar-refractivity contribution in [3.8, 4) is 0 Å². The van der Waals surface area contributed by atoms with Crippen LogP contribution >= 0.6 is 0 Å². The highest BCUT2D eigenvalue weighted by Gasteiger charge is 1.90. The zero-order valence-electron chi connectivity index (χ0n) is 9.29. The summed E-state index contributed by atoms with van der Waals surface area (Å²) in [5.41, 5.74) is 0. The number of hydrogen-bond acceptors (Lipinski definition) is 4. The van der Waals surface area contributed by atoms with Crippen LogP contribution < -0.4 is 0 Å². The zero-order valence-corrected chi connectivity index (χ0v) is 9.29. The first-order chi connectivity index (χ1) is 6.91. The molecule has 0 N–H and O–H groups in total. The lowest BCUT2D eigenvalue weighted by atomic mass is 10.4. The summed E-state index contributed by atoms with van der Waals surface area (Å²) in [7, 11) is 1.61. The van der Waals surface area contributed by atoms with E-state index < -0.39 is 0 Å². The average Bonchev–Trinajstić information content (AvgIpc) is 2.21. The Morgan fingerprint density at radius 2 is 1.36 bits per heavy atom. The first-order valence-corrected chi connectivity index (χ1v) is 5.14. The number of hydrogen-bond donors (Lipinski definition) is 0. The summed E-state index contributed by atoms with van der Waals surface area (Å²) in [4.78, 5) is 0. The minimum atomic E-state index is 0.354. The van der Waals surface area contributed by atoms with Gasteiger partial charge < -0.3 is 18.9 Å². The van der Waals surface area contributed by atoms with Gasteiger partial charge in [-0.15, -0.1) is 0 Å². The van der Waals surface area contributed by atoms with E-state index >= 15 is 0 Å². The highest BCUT2D eigenvalue weighted by molar-refractivity contribution is 4.32. The molecule has 0 unspecified atom stereocenters. The molecule has 0 aliphatic carbocycles. The maximum Gasteiger partial charge on any atom is 0.146 e. The third kappa shape index (κ3) is 11.8. The van der Waals surface area contributed by atoms with Gasteiger partial charge in [0.05, 0.1) is 13.2 Å². The molecule has 4 heteroatoms. The van der Waals surface area contributed by atoms with Gasteiger partial charge in [-0.05, 0) is 12.8 Å². The predicted octanol–water partition coefficient (Wildman–Crippen LogP) is 1.79. The molecule has 0 saturated heterocycles. The van der Waals surface area contributed by atoms with Crippen molar-refractivity contribution >= 4 is 0 Å². The molecule has 4 nitrogen and oxygen atoms in total. The molecule has 0 rings (SSSR count). The van der Waals surface area contributed by atoms with E-state index in [9.17, 15) is 0 Å². The molecule has 0 aliphatic heterocycles. The number of ether oxygens (including phenoxy) is 4. The topological polar surface area (TPSA) is 36.9 Å². The van der Waals surface area contributed by atoms with E-state index in [1.165, 1.54) is 0 Å². The van der Waals surface area contributed by atoms with Crippen LogP contribution in [-0.4, -0.2) is 40.5 Å². The Hall–Kier alpha value is -0.160. The van der Waals surface area contributed by atoms with Crippen LogP contribution in [0.15, 0.2) is 0 Å². The van der Waals surface area contributed by atoms with Gasteiger partial charge in [0.1, 0.15) is 13.6 Å². The second-order valence-electron chi connectivity index (χ2n) is 2.96. The van der Waals surface area contributed by atoms with Crippen LogP contribution in [0.4, 0.5) is 0 Å². The molecule has 86 valence electrons. The van der Waals surface area contributed by atoms with Gasteiger partial charge in [-0.3, -0.25) is 0 Å². The van der Waals surface area contributed by atoms with Crippen LogP contribution in [0.5, 0.6) is 0 Å². The molecule has 0 spiro atoms. The van der Waals surface area contributed by atoms with E-state index in [2.05, 4.69) is 6.92 Å². The first-order valence-electron chi connectivity index (χ1n) is 5.14. The maximum atomic E-state index is 5.22. The van der Waals surface area contributed by atoms with Crippen molar-refractivity contribution in [3.63, 3.8) is 0 Å². The number of methoxy groups -OCH3 is 1. The molecular formula is C10H22O4. The van der Waals surface area contributed by atoms with Crippen molar-refractivity contribution in [2.45, 2.75) is 26.2 Å². The molecular weight excluding hydrogens is 184 g/mol. The van der Waals surface area contributed by atoms with E-state index in [-0.39, 0.29) is 0 Å². The van der Waals surface area contributed by atoms with Crippen molar-refractivity contribution in [2.75, 3.05) is 40.5 Å². The molecule has 0 aromatic heterocycles. The summed E-state index contributed by atoms with van der Waals surface area (Å²) in [5, 5.41) is 0. The Morgan fingerprint density at radius 1 is 0.786 bits per heavy atom. The quantitative estimate of drug-likeness (QED) is 0.381. The Kier molecular flexibility index (Phi) is 12.7. The molecule has 14 heavy (non-hydrogen) atoms. The lowest BCUT2D eigenvalue weighted by Gasteiger charge is -2.05. The van der Waals surface area contributed by atoms with E-state index in [0.29, 0.717) is 26.8 Å². The summed E-state index contributed by atoms with van der Waals surface area (Å²) in [6.45, 7) is 5.02. The lowest BCUT2D eigenvalue weighted by molar-refractivity contribution is -0.0693. The van der Waals surface area contributed by atoms with Crippen molar-refractivity contribution < 1.29 is 18.9 Å². The third-order valence-corrected chi connectivity index (χ3v) is 1.59. The second kappa shape index (κ2) is 12.8. The number of rotatable bonds is 11. The second-order valence-corrected chi connectivity index (χ2v) is 2.96. The molecule has 0 fully saturated rings. The maximum absolute atomic E-state index is 5.22. The van der Waals surface area contributed by atoms with Gasteiger partial charge in [0.15, 0.2) is 0 Å². The summed E-state index contributed by atoms with van der Waals surface area (Å²) < 4.78 is 20.2. The highest BCUT2D eigenvalue weighted by atomic mass is 16.7. The SMILES string of the molecule is CCCCOCOCCCOCOC. The fourth-order valence-electron chi connectivity index (χ4n) is 0.828. The molecule has 0 amide bonds. The van der Waals surface area contributed by atoms with Gasteiger partial charge in [0.2, 0.25) is 0 Å². The Bertz CT molecular complexity index is 86.1. The minimum Gasteiger partial charge on any atom is -0.359 e. The largest absolute Gasteiger partial charge is 0.359 e. The number of unbranched alkanes of at least 4 members (excludes halogenated alkanes) is 1. The fraction of sp³-hybridized carbons (Fsp3) is 1.00. The van der Waals surface area contributed by atoms with E-state index in [1.54, 1.807) is 7.11 Å². The van der Waals surface area contributed by atoms with Crippen molar-refractivity contribution in [1.29, 1.82) is 0 Å². The van der Waals surface area contributed by atoms with Gasteiger partial charge in [-0.25, -0.2) is 0 Å². The van der Waals surface area contributed by atoms with Crippen molar-refractivity contribution in [3.05, 3.63) is 0 Å². The molecule has 0 heterocycles. The normalized spacial score (nSPS) is 10.7. The van der Waals surface area contributed by atoms with Gasteiger partial charge in [0.25, 0.3) is 0 Å². The summed E-state index contributed by atoms with van der Waals surface area (Å²) in [6, 6.07) is 0. The Balaban J connectivity index is 2.78. The molecule has 0 bridgehead atoms. The van der Waals surface area contributed by atoms with Crippen molar-refractivity contribution in [2.24, 2.45) is 0 Å². The molecule has 0 saturated carbocycles. The summed E-state index contributed by atoms with van der Waals surface area (Å²) in [5.74, 6) is 0. The van der Waals surface area contributed by atoms with Gasteiger partial charge in [0, 0.05) is 13.7 Å². The zero-order chi connectivity index (χ0) is 10.5. The standard InChI is InChI=1S/C10H22O4/c1-3-4-6-13-10-14-8-5-7-12-9-11-2/h3-10H2,1-2H3. The van der Waals surface area contributed by atoms with Gasteiger partial charge >= 0.3 is 0 Å². The van der Waals surface area contributed by atoms with Gasteiger partial charge in [-0.1, -0.05) is 13.3 Å². The smallest absolute Gasteiger partial charge is 0.146 e. The van der Waals surface area contributed by atoms with Crippen LogP contribution in [0.2, 0.25) is 0 Å². The first kappa shape index (κ1) is 13.8. The van der Waals surface area contributed by atoms with E-state index in [4.69, 9.17) is 18.9 Å². The van der Waals surface area contributed by atoms with Crippen LogP contribution in [0.1, 0.15) is 26.2 Å². The Labute approximate surface area is 86.5 Å². The molecule has 0 atom stereocenters. The molecule has 0 aromatic rings. The highest BCUT2D eigenvalue weighted by Crippen LogP contribution is 1.90. The fourth-order valence-corrected chi connectivity index (χ4v) is 0.828. The molecule has 0 aromatic carbocycles. The van der Waals surface area contributed by atoms with Crippen LogP contribution in [0.3, 0.4) is 0 Å². The van der Waals surface area contributed by atoms with Crippen LogP contribution in [0, 0.1) is 0 Å². The van der Waals surface area contributed by atoms with Crippen LogP contribution in [-0.2, 0) is 18.9 Å². The molecule has 0 aliphatic rings. The summed E-state index contributed by atoms with van der Waals surface area (Å²) >= 11 is 0. The third-order valence-electron chi connectivity index (χ3n) is 1.59.